The Balaban J connectivity index is 1.79. The first kappa shape index (κ1) is 13.7. The molecule has 2 rings (SSSR count). The minimum absolute atomic E-state index is 0.0494. The third-order valence-corrected chi connectivity index (χ3v) is 3.05. The van der Waals surface area contributed by atoms with Crippen LogP contribution in [-0.4, -0.2) is 18.2 Å². The number of aliphatic hydroxyl groups excluding tert-OH is 1. The third kappa shape index (κ3) is 4.16. The number of benzene rings is 2. The summed E-state index contributed by atoms with van der Waals surface area (Å²) in [6, 6.07) is 15.4. The maximum Gasteiger partial charge on any atom is 0.0701 e. The van der Waals surface area contributed by atoms with Gasteiger partial charge in [-0.05, 0) is 30.3 Å². The summed E-state index contributed by atoms with van der Waals surface area (Å²) in [4.78, 5) is 0. The Morgan fingerprint density at radius 1 is 0.895 bits per heavy atom. The van der Waals surface area contributed by atoms with Crippen molar-refractivity contribution in [1.82, 2.24) is 0 Å². The van der Waals surface area contributed by atoms with Gasteiger partial charge in [-0.1, -0.05) is 29.8 Å². The highest BCUT2D eigenvalue weighted by Gasteiger charge is 1.98. The summed E-state index contributed by atoms with van der Waals surface area (Å²) >= 11 is 5.82. The smallest absolute Gasteiger partial charge is 0.0701 e. The lowest BCUT2D eigenvalue weighted by molar-refractivity contribution is 0.282. The number of nitrogens with one attached hydrogen (secondary N) is 2. The summed E-state index contributed by atoms with van der Waals surface area (Å²) in [6.07, 6.45) is 0. The minimum Gasteiger partial charge on any atom is -0.392 e. The molecule has 0 aliphatic carbocycles. The van der Waals surface area contributed by atoms with Crippen LogP contribution in [-0.2, 0) is 6.61 Å². The van der Waals surface area contributed by atoms with Gasteiger partial charge in [0.25, 0.3) is 0 Å². The van der Waals surface area contributed by atoms with Gasteiger partial charge in [0, 0.05) is 35.1 Å². The van der Waals surface area contributed by atoms with Crippen molar-refractivity contribution in [2.24, 2.45) is 0 Å². The van der Waals surface area contributed by atoms with E-state index in [-0.39, 0.29) is 6.61 Å². The van der Waals surface area contributed by atoms with Crippen molar-refractivity contribution in [1.29, 1.82) is 0 Å². The molecule has 0 heterocycles. The molecule has 0 unspecified atom stereocenters. The van der Waals surface area contributed by atoms with Crippen molar-refractivity contribution in [3.8, 4) is 0 Å². The third-order valence-electron chi connectivity index (χ3n) is 2.80. The van der Waals surface area contributed by atoms with Crippen molar-refractivity contribution in [3.05, 3.63) is 59.1 Å². The fraction of sp³-hybridized carbons (Fsp3) is 0.200. The largest absolute Gasteiger partial charge is 0.392 e. The first-order chi connectivity index (χ1) is 9.29. The molecule has 0 fully saturated rings. The Morgan fingerprint density at radius 3 is 2.32 bits per heavy atom. The highest BCUT2D eigenvalue weighted by Crippen LogP contribution is 2.15. The second-order valence-electron chi connectivity index (χ2n) is 4.18. The topological polar surface area (TPSA) is 44.3 Å². The summed E-state index contributed by atoms with van der Waals surface area (Å²) in [7, 11) is 0. The number of para-hydroxylation sites is 1. The summed E-state index contributed by atoms with van der Waals surface area (Å²) in [6.45, 7) is 1.62. The number of aliphatic hydroxyl groups is 1. The number of anilines is 2. The van der Waals surface area contributed by atoms with Gasteiger partial charge in [-0.15, -0.1) is 0 Å². The Labute approximate surface area is 118 Å². The molecular formula is C15H17ClN2O. The van der Waals surface area contributed by atoms with E-state index in [1.165, 1.54) is 0 Å². The Kier molecular flexibility index (Phi) is 5.07. The number of hydrogen-bond acceptors (Lipinski definition) is 3. The van der Waals surface area contributed by atoms with Crippen LogP contribution in [0.3, 0.4) is 0 Å². The van der Waals surface area contributed by atoms with Gasteiger partial charge in [0.1, 0.15) is 0 Å². The van der Waals surface area contributed by atoms with Crippen LogP contribution in [0.25, 0.3) is 0 Å². The molecule has 19 heavy (non-hydrogen) atoms. The van der Waals surface area contributed by atoms with Gasteiger partial charge in [0.2, 0.25) is 0 Å². The Hall–Kier alpha value is -1.71. The summed E-state index contributed by atoms with van der Waals surface area (Å²) in [5, 5.41) is 16.5. The molecule has 3 N–H and O–H groups in total. The molecule has 2 aromatic carbocycles. The van der Waals surface area contributed by atoms with Crippen molar-refractivity contribution in [2.45, 2.75) is 6.61 Å². The van der Waals surface area contributed by atoms with E-state index in [1.54, 1.807) is 0 Å². The predicted molar refractivity (Wildman–Crippen MR) is 80.8 cm³/mol. The van der Waals surface area contributed by atoms with Gasteiger partial charge in [-0.3, -0.25) is 0 Å². The lowest BCUT2D eigenvalue weighted by atomic mass is 10.2. The zero-order chi connectivity index (χ0) is 13.5. The zero-order valence-electron chi connectivity index (χ0n) is 10.6. The predicted octanol–water partition coefficient (Wildman–Crippen LogP) is 3.36. The summed E-state index contributed by atoms with van der Waals surface area (Å²) < 4.78 is 0. The van der Waals surface area contributed by atoms with Gasteiger partial charge in [-0.2, -0.15) is 0 Å². The van der Waals surface area contributed by atoms with E-state index in [0.29, 0.717) is 0 Å². The standard InChI is InChI=1S/C15H17ClN2O/c16-13-5-7-14(8-6-13)17-9-10-18-15-4-2-1-3-12(15)11-19/h1-8,17-19H,9-11H2. The molecule has 3 nitrogen and oxygen atoms in total. The van der Waals surface area contributed by atoms with Crippen LogP contribution in [0.2, 0.25) is 5.02 Å². The SMILES string of the molecule is OCc1ccccc1NCCNc1ccc(Cl)cc1. The van der Waals surface area contributed by atoms with Gasteiger partial charge >= 0.3 is 0 Å². The molecule has 2 aromatic rings. The second kappa shape index (κ2) is 7.02. The lowest BCUT2D eigenvalue weighted by Crippen LogP contribution is -2.14. The molecule has 0 spiro atoms. The molecule has 0 saturated heterocycles. The van der Waals surface area contributed by atoms with Gasteiger partial charge < -0.3 is 15.7 Å². The van der Waals surface area contributed by atoms with Crippen LogP contribution in [0.1, 0.15) is 5.56 Å². The fourth-order valence-electron chi connectivity index (χ4n) is 1.80. The van der Waals surface area contributed by atoms with E-state index in [4.69, 9.17) is 11.6 Å². The number of halogens is 1. The number of hydrogen-bond donors (Lipinski definition) is 3. The van der Waals surface area contributed by atoms with E-state index in [0.717, 1.165) is 35.1 Å². The maximum absolute atomic E-state index is 9.21. The maximum atomic E-state index is 9.21. The van der Waals surface area contributed by atoms with Gasteiger partial charge in [0.15, 0.2) is 0 Å². The molecule has 0 saturated carbocycles. The molecule has 0 aliphatic rings. The molecule has 4 heteroatoms. The fourth-order valence-corrected chi connectivity index (χ4v) is 1.93. The highest BCUT2D eigenvalue weighted by atomic mass is 35.5. The molecule has 0 atom stereocenters. The van der Waals surface area contributed by atoms with E-state index in [2.05, 4.69) is 10.6 Å². The summed E-state index contributed by atoms with van der Waals surface area (Å²) in [5.74, 6) is 0. The van der Waals surface area contributed by atoms with E-state index < -0.39 is 0 Å². The van der Waals surface area contributed by atoms with Gasteiger partial charge in [0.05, 0.1) is 6.61 Å². The van der Waals surface area contributed by atoms with E-state index >= 15 is 0 Å². The average molecular weight is 277 g/mol. The first-order valence-electron chi connectivity index (χ1n) is 6.21. The molecule has 0 aliphatic heterocycles. The second-order valence-corrected chi connectivity index (χ2v) is 4.61. The monoisotopic (exact) mass is 276 g/mol. The summed E-state index contributed by atoms with van der Waals surface area (Å²) in [5.41, 5.74) is 2.93. The van der Waals surface area contributed by atoms with Crippen LogP contribution < -0.4 is 10.6 Å². The van der Waals surface area contributed by atoms with Crippen molar-refractivity contribution < 1.29 is 5.11 Å². The first-order valence-corrected chi connectivity index (χ1v) is 6.59. The number of rotatable bonds is 6. The van der Waals surface area contributed by atoms with Crippen LogP contribution in [0.5, 0.6) is 0 Å². The lowest BCUT2D eigenvalue weighted by Gasteiger charge is -2.11. The molecular weight excluding hydrogens is 260 g/mol. The Morgan fingerprint density at radius 2 is 1.58 bits per heavy atom. The van der Waals surface area contributed by atoms with Crippen LogP contribution in [0.4, 0.5) is 11.4 Å². The normalized spacial score (nSPS) is 10.2. The molecule has 100 valence electrons. The minimum atomic E-state index is 0.0494. The zero-order valence-corrected chi connectivity index (χ0v) is 11.3. The molecule has 0 aromatic heterocycles. The van der Waals surface area contributed by atoms with Crippen LogP contribution >= 0.6 is 11.6 Å². The average Bonchev–Trinajstić information content (AvgIpc) is 2.46. The van der Waals surface area contributed by atoms with Crippen molar-refractivity contribution in [2.75, 3.05) is 23.7 Å². The van der Waals surface area contributed by atoms with Crippen molar-refractivity contribution in [3.63, 3.8) is 0 Å². The quantitative estimate of drug-likeness (QED) is 0.709. The van der Waals surface area contributed by atoms with Crippen LogP contribution in [0, 0.1) is 0 Å². The van der Waals surface area contributed by atoms with Crippen molar-refractivity contribution >= 4 is 23.0 Å². The van der Waals surface area contributed by atoms with E-state index in [1.807, 2.05) is 48.5 Å². The van der Waals surface area contributed by atoms with Crippen LogP contribution in [0.15, 0.2) is 48.5 Å². The van der Waals surface area contributed by atoms with E-state index in [9.17, 15) is 5.11 Å². The molecule has 0 amide bonds. The Bertz CT molecular complexity index is 514. The molecule has 0 radical (unpaired) electrons. The van der Waals surface area contributed by atoms with Gasteiger partial charge in [-0.25, -0.2) is 0 Å². The molecule has 0 bridgehead atoms. The highest BCUT2D eigenvalue weighted by molar-refractivity contribution is 6.30.